The maximum Gasteiger partial charge on any atom is 0.589 e. The van der Waals surface area contributed by atoms with E-state index in [0.717, 1.165) is 38.5 Å². The number of rotatable bonds is 18. The molecule has 0 bridgehead atoms. The standard InChI is InChI=1S/C20H39O6P/c1-3-5-7-9-11-13-15-17-19(21)25-27(23,24)26-20(22)18-16-14-12-10-8-6-4-2/h3-18H2,1-2H3,(H,23,24). The fraction of sp³-hybridized carbons (Fsp3) is 0.900. The van der Waals surface area contributed by atoms with E-state index in [0.29, 0.717) is 12.8 Å². The van der Waals surface area contributed by atoms with Crippen LogP contribution in [0.2, 0.25) is 0 Å². The molecule has 160 valence electrons. The van der Waals surface area contributed by atoms with Crippen LogP contribution in [0.25, 0.3) is 0 Å². The van der Waals surface area contributed by atoms with E-state index in [2.05, 4.69) is 22.9 Å². The van der Waals surface area contributed by atoms with Crippen LogP contribution in [0.5, 0.6) is 0 Å². The van der Waals surface area contributed by atoms with Crippen LogP contribution in [0.4, 0.5) is 0 Å². The molecule has 0 unspecified atom stereocenters. The first-order valence-electron chi connectivity index (χ1n) is 10.7. The van der Waals surface area contributed by atoms with E-state index in [4.69, 9.17) is 0 Å². The molecule has 0 aliphatic carbocycles. The Hall–Kier alpha value is -0.870. The van der Waals surface area contributed by atoms with Crippen LogP contribution in [0, 0.1) is 0 Å². The summed E-state index contributed by atoms with van der Waals surface area (Å²) < 4.78 is 20.6. The van der Waals surface area contributed by atoms with Crippen molar-refractivity contribution in [2.24, 2.45) is 0 Å². The Kier molecular flexibility index (Phi) is 16.7. The summed E-state index contributed by atoms with van der Waals surface area (Å²) in [5, 5.41) is 0. The van der Waals surface area contributed by atoms with Gasteiger partial charge in [0, 0.05) is 12.8 Å². The zero-order valence-electron chi connectivity index (χ0n) is 17.2. The second kappa shape index (κ2) is 17.2. The Morgan fingerprint density at radius 2 is 0.926 bits per heavy atom. The molecule has 7 heteroatoms. The van der Waals surface area contributed by atoms with Crippen LogP contribution in [0.1, 0.15) is 117 Å². The van der Waals surface area contributed by atoms with Crippen molar-refractivity contribution in [3.8, 4) is 0 Å². The predicted molar refractivity (Wildman–Crippen MR) is 107 cm³/mol. The molecule has 6 nitrogen and oxygen atoms in total. The molecule has 0 spiro atoms. The van der Waals surface area contributed by atoms with Crippen molar-refractivity contribution in [1.82, 2.24) is 0 Å². The van der Waals surface area contributed by atoms with Gasteiger partial charge in [-0.1, -0.05) is 90.9 Å². The molecular weight excluding hydrogens is 367 g/mol. The third-order valence-electron chi connectivity index (χ3n) is 4.40. The monoisotopic (exact) mass is 406 g/mol. The predicted octanol–water partition coefficient (Wildman–Crippen LogP) is 6.45. The molecule has 0 saturated carbocycles. The van der Waals surface area contributed by atoms with Gasteiger partial charge in [0.15, 0.2) is 0 Å². The first-order valence-corrected chi connectivity index (χ1v) is 12.2. The number of carbonyl (C=O) groups excluding carboxylic acids is 2. The Morgan fingerprint density at radius 3 is 1.26 bits per heavy atom. The van der Waals surface area contributed by atoms with Gasteiger partial charge >= 0.3 is 19.8 Å². The Labute approximate surface area is 165 Å². The summed E-state index contributed by atoms with van der Waals surface area (Å²) in [4.78, 5) is 32.8. The van der Waals surface area contributed by atoms with E-state index in [9.17, 15) is 19.0 Å². The van der Waals surface area contributed by atoms with Gasteiger partial charge in [0.2, 0.25) is 0 Å². The second-order valence-electron chi connectivity index (χ2n) is 7.14. The average molecular weight is 407 g/mol. The minimum Gasteiger partial charge on any atom is -0.361 e. The molecule has 0 aromatic heterocycles. The van der Waals surface area contributed by atoms with Gasteiger partial charge in [-0.05, 0) is 12.8 Å². The average Bonchev–Trinajstić information content (AvgIpc) is 2.59. The summed E-state index contributed by atoms with van der Waals surface area (Å²) in [6, 6.07) is 0. The maximum absolute atomic E-state index is 11.7. The highest BCUT2D eigenvalue weighted by atomic mass is 31.2. The molecule has 0 fully saturated rings. The van der Waals surface area contributed by atoms with E-state index < -0.39 is 19.8 Å². The Bertz CT molecular complexity index is 402. The fourth-order valence-electron chi connectivity index (χ4n) is 2.82. The maximum atomic E-state index is 11.7. The van der Waals surface area contributed by atoms with Gasteiger partial charge in [-0.25, -0.2) is 4.57 Å². The van der Waals surface area contributed by atoms with Crippen molar-refractivity contribution >= 4 is 19.8 Å². The lowest BCUT2D eigenvalue weighted by Gasteiger charge is -2.11. The minimum absolute atomic E-state index is 0.0631. The van der Waals surface area contributed by atoms with Crippen molar-refractivity contribution < 1.29 is 28.1 Å². The van der Waals surface area contributed by atoms with Crippen LogP contribution in [0.15, 0.2) is 0 Å². The molecule has 27 heavy (non-hydrogen) atoms. The number of phosphoric ester groups is 1. The Balaban J connectivity index is 3.76. The van der Waals surface area contributed by atoms with Crippen molar-refractivity contribution in [2.75, 3.05) is 0 Å². The highest BCUT2D eigenvalue weighted by Crippen LogP contribution is 2.44. The summed E-state index contributed by atoms with van der Waals surface area (Å²) in [6.07, 6.45) is 14.7. The number of carbonyl (C=O) groups is 2. The molecule has 0 rings (SSSR count). The Morgan fingerprint density at radius 1 is 0.630 bits per heavy atom. The molecule has 0 amide bonds. The molecular formula is C20H39O6P. The van der Waals surface area contributed by atoms with Crippen molar-refractivity contribution in [3.05, 3.63) is 0 Å². The van der Waals surface area contributed by atoms with Gasteiger partial charge in [-0.15, -0.1) is 0 Å². The van der Waals surface area contributed by atoms with Crippen molar-refractivity contribution in [3.63, 3.8) is 0 Å². The van der Waals surface area contributed by atoms with Gasteiger partial charge in [0.05, 0.1) is 0 Å². The highest BCUT2D eigenvalue weighted by molar-refractivity contribution is 7.48. The first kappa shape index (κ1) is 26.1. The third-order valence-corrected chi connectivity index (χ3v) is 5.27. The minimum atomic E-state index is -4.64. The molecule has 0 heterocycles. The van der Waals surface area contributed by atoms with E-state index >= 15 is 0 Å². The zero-order valence-corrected chi connectivity index (χ0v) is 18.1. The molecule has 0 aromatic carbocycles. The van der Waals surface area contributed by atoms with E-state index in [-0.39, 0.29) is 12.8 Å². The van der Waals surface area contributed by atoms with Crippen LogP contribution in [-0.2, 0) is 23.2 Å². The van der Waals surface area contributed by atoms with Crippen LogP contribution in [0.3, 0.4) is 0 Å². The molecule has 0 aliphatic heterocycles. The van der Waals surface area contributed by atoms with Gasteiger partial charge < -0.3 is 9.05 Å². The summed E-state index contributed by atoms with van der Waals surface area (Å²) in [7, 11) is -4.64. The highest BCUT2D eigenvalue weighted by Gasteiger charge is 2.30. The first-order chi connectivity index (χ1) is 12.9. The van der Waals surface area contributed by atoms with Gasteiger partial charge in [-0.2, -0.15) is 0 Å². The molecule has 0 aliphatic rings. The van der Waals surface area contributed by atoms with Gasteiger partial charge in [0.1, 0.15) is 0 Å². The van der Waals surface area contributed by atoms with Crippen molar-refractivity contribution in [2.45, 2.75) is 117 Å². The molecule has 0 aromatic rings. The van der Waals surface area contributed by atoms with E-state index in [1.165, 1.54) is 38.5 Å². The molecule has 0 atom stereocenters. The number of hydrogen-bond donors (Lipinski definition) is 1. The topological polar surface area (TPSA) is 89.9 Å². The summed E-state index contributed by atoms with van der Waals surface area (Å²) >= 11 is 0. The van der Waals surface area contributed by atoms with Crippen LogP contribution in [-0.4, -0.2) is 16.8 Å². The van der Waals surface area contributed by atoms with Crippen molar-refractivity contribution in [1.29, 1.82) is 0 Å². The third kappa shape index (κ3) is 18.3. The lowest BCUT2D eigenvalue weighted by atomic mass is 10.1. The van der Waals surface area contributed by atoms with E-state index in [1.807, 2.05) is 0 Å². The van der Waals surface area contributed by atoms with Gasteiger partial charge in [-0.3, -0.25) is 14.5 Å². The summed E-state index contributed by atoms with van der Waals surface area (Å²) in [5.41, 5.74) is 0. The zero-order chi connectivity index (χ0) is 20.4. The summed E-state index contributed by atoms with van der Waals surface area (Å²) in [6.45, 7) is 4.31. The lowest BCUT2D eigenvalue weighted by molar-refractivity contribution is -0.140. The lowest BCUT2D eigenvalue weighted by Crippen LogP contribution is -2.08. The number of unbranched alkanes of at least 4 members (excludes halogenated alkanes) is 12. The summed E-state index contributed by atoms with van der Waals surface area (Å²) in [5.74, 6) is -1.59. The second-order valence-corrected chi connectivity index (χ2v) is 8.44. The van der Waals surface area contributed by atoms with Gasteiger partial charge in [0.25, 0.3) is 0 Å². The fourth-order valence-corrected chi connectivity index (χ4v) is 3.55. The largest absolute Gasteiger partial charge is 0.589 e. The molecule has 0 saturated heterocycles. The number of hydrogen-bond acceptors (Lipinski definition) is 5. The van der Waals surface area contributed by atoms with Crippen LogP contribution < -0.4 is 0 Å². The normalized spacial score (nSPS) is 11.4. The SMILES string of the molecule is CCCCCCCCCC(=O)OP(=O)(O)OC(=O)CCCCCCCCC. The molecule has 1 N–H and O–H groups in total. The quantitative estimate of drug-likeness (QED) is 0.208. The smallest absolute Gasteiger partial charge is 0.361 e. The number of phosphoric acid groups is 1. The van der Waals surface area contributed by atoms with E-state index in [1.54, 1.807) is 0 Å². The molecule has 0 radical (unpaired) electrons. The van der Waals surface area contributed by atoms with Crippen LogP contribution >= 0.6 is 7.82 Å².